The molecule has 1 amide bonds. The number of thiophene rings is 1. The van der Waals surface area contributed by atoms with Crippen LogP contribution in [0.4, 0.5) is 5.82 Å². The number of anilines is 1. The number of hydrogen-bond donors (Lipinski definition) is 1. The van der Waals surface area contributed by atoms with Crippen LogP contribution in [0.15, 0.2) is 35.2 Å². The van der Waals surface area contributed by atoms with Crippen LogP contribution >= 0.6 is 11.3 Å². The van der Waals surface area contributed by atoms with E-state index >= 15 is 0 Å². The summed E-state index contributed by atoms with van der Waals surface area (Å²) in [6.45, 7) is 6.80. The summed E-state index contributed by atoms with van der Waals surface area (Å²) in [6, 6.07) is 5.90. The lowest BCUT2D eigenvalue weighted by Crippen LogP contribution is -2.38. The smallest absolute Gasteiger partial charge is 0.251 e. The van der Waals surface area contributed by atoms with Gasteiger partial charge < -0.3 is 10.2 Å². The molecule has 0 aromatic carbocycles. The largest absolute Gasteiger partial charge is 0.363 e. The first-order valence-corrected chi connectivity index (χ1v) is 9.18. The maximum atomic E-state index is 12.5. The van der Waals surface area contributed by atoms with Gasteiger partial charge in [-0.3, -0.25) is 9.69 Å². The van der Waals surface area contributed by atoms with E-state index in [1.165, 1.54) is 5.56 Å². The highest BCUT2D eigenvalue weighted by Crippen LogP contribution is 2.22. The average molecular weight is 347 g/mol. The minimum atomic E-state index is -0.0621. The molecule has 0 saturated heterocycles. The van der Waals surface area contributed by atoms with Crippen molar-refractivity contribution in [3.8, 4) is 0 Å². The van der Waals surface area contributed by atoms with Crippen LogP contribution in [0.3, 0.4) is 0 Å². The molecule has 0 radical (unpaired) electrons. The molecule has 0 unspecified atom stereocenters. The number of likely N-dealkylation sites (N-methyl/N-ethyl adjacent to an activating group) is 1. The Morgan fingerprint density at radius 2 is 2.04 bits per heavy atom. The highest BCUT2D eigenvalue weighted by atomic mass is 32.1. The van der Waals surface area contributed by atoms with Crippen molar-refractivity contribution in [2.45, 2.75) is 19.9 Å². The highest BCUT2D eigenvalue weighted by Gasteiger charge is 2.19. The van der Waals surface area contributed by atoms with Gasteiger partial charge in [-0.1, -0.05) is 13.8 Å². The first-order chi connectivity index (χ1) is 11.6. The Bertz CT molecular complexity index is 638. The number of nitrogens with one attached hydrogen (secondary N) is 1. The van der Waals surface area contributed by atoms with E-state index in [-0.39, 0.29) is 11.9 Å². The zero-order valence-electron chi connectivity index (χ0n) is 14.8. The van der Waals surface area contributed by atoms with E-state index in [0.717, 1.165) is 18.9 Å². The number of pyridine rings is 1. The molecule has 2 rings (SSSR count). The van der Waals surface area contributed by atoms with Gasteiger partial charge in [0.05, 0.1) is 6.04 Å². The number of nitrogens with zero attached hydrogens (tertiary/aromatic N) is 3. The van der Waals surface area contributed by atoms with Crippen molar-refractivity contribution >= 4 is 23.1 Å². The van der Waals surface area contributed by atoms with Crippen molar-refractivity contribution < 1.29 is 4.79 Å². The second kappa shape index (κ2) is 8.80. The van der Waals surface area contributed by atoms with Crippen molar-refractivity contribution in [1.82, 2.24) is 15.2 Å². The first kappa shape index (κ1) is 18.4. The monoisotopic (exact) mass is 346 g/mol. The zero-order valence-corrected chi connectivity index (χ0v) is 15.6. The van der Waals surface area contributed by atoms with Gasteiger partial charge in [-0.25, -0.2) is 4.98 Å². The normalized spacial score (nSPS) is 12.2. The summed E-state index contributed by atoms with van der Waals surface area (Å²) >= 11 is 1.69. The number of hydrogen-bond acceptors (Lipinski definition) is 5. The molecule has 0 fully saturated rings. The second-order valence-electron chi connectivity index (χ2n) is 5.80. The molecule has 6 heteroatoms. The van der Waals surface area contributed by atoms with E-state index in [0.29, 0.717) is 12.1 Å². The van der Waals surface area contributed by atoms with Crippen LogP contribution < -0.4 is 10.2 Å². The standard InChI is InChI=1S/C18H26N4OS/c1-5-22(6-2)16(15-8-10-24-13-15)12-20-18(23)14-7-9-19-17(11-14)21(3)4/h7-11,13,16H,5-6,12H2,1-4H3,(H,20,23)/t16-/m1/s1. The summed E-state index contributed by atoms with van der Waals surface area (Å²) in [6.07, 6.45) is 1.67. The number of carbonyl (C=O) groups is 1. The zero-order chi connectivity index (χ0) is 17.5. The third kappa shape index (κ3) is 4.55. The molecule has 2 aromatic heterocycles. The lowest BCUT2D eigenvalue weighted by atomic mass is 10.1. The summed E-state index contributed by atoms with van der Waals surface area (Å²) in [5, 5.41) is 7.32. The van der Waals surface area contributed by atoms with Gasteiger partial charge in [0.25, 0.3) is 5.91 Å². The van der Waals surface area contributed by atoms with Crippen molar-refractivity contribution in [1.29, 1.82) is 0 Å². The molecule has 2 aromatic rings. The molecular weight excluding hydrogens is 320 g/mol. The maximum Gasteiger partial charge on any atom is 0.251 e. The molecule has 130 valence electrons. The summed E-state index contributed by atoms with van der Waals surface area (Å²) in [5.41, 5.74) is 1.89. The molecule has 1 atom stereocenters. The van der Waals surface area contributed by atoms with Crippen LogP contribution in [-0.2, 0) is 0 Å². The Labute approximate surface area is 148 Å². The van der Waals surface area contributed by atoms with Crippen LogP contribution in [0.5, 0.6) is 0 Å². The Morgan fingerprint density at radius 3 is 2.62 bits per heavy atom. The van der Waals surface area contributed by atoms with E-state index in [9.17, 15) is 4.79 Å². The number of carbonyl (C=O) groups excluding carboxylic acids is 1. The van der Waals surface area contributed by atoms with Crippen LogP contribution in [0.1, 0.15) is 35.8 Å². The minimum absolute atomic E-state index is 0.0621. The van der Waals surface area contributed by atoms with Crippen molar-refractivity contribution in [3.05, 3.63) is 46.3 Å². The molecule has 2 heterocycles. The molecule has 24 heavy (non-hydrogen) atoms. The van der Waals surface area contributed by atoms with E-state index in [4.69, 9.17) is 0 Å². The molecule has 0 aliphatic carbocycles. The topological polar surface area (TPSA) is 48.5 Å². The third-order valence-corrected chi connectivity index (χ3v) is 4.80. The number of rotatable bonds is 8. The second-order valence-corrected chi connectivity index (χ2v) is 6.58. The molecule has 1 N–H and O–H groups in total. The molecular formula is C18H26N4OS. The van der Waals surface area contributed by atoms with Gasteiger partial charge in [0.2, 0.25) is 0 Å². The van der Waals surface area contributed by atoms with E-state index in [2.05, 4.69) is 45.9 Å². The van der Waals surface area contributed by atoms with Gasteiger partial charge in [0, 0.05) is 32.4 Å². The maximum absolute atomic E-state index is 12.5. The van der Waals surface area contributed by atoms with Gasteiger partial charge in [-0.15, -0.1) is 0 Å². The molecule has 0 bridgehead atoms. The summed E-state index contributed by atoms with van der Waals surface area (Å²) in [7, 11) is 3.83. The Hall–Kier alpha value is -1.92. The quantitative estimate of drug-likeness (QED) is 0.798. The Kier molecular flexibility index (Phi) is 6.75. The fraction of sp³-hybridized carbons (Fsp3) is 0.444. The minimum Gasteiger partial charge on any atom is -0.363 e. The Morgan fingerprint density at radius 1 is 1.29 bits per heavy atom. The van der Waals surface area contributed by atoms with Crippen LogP contribution in [0.2, 0.25) is 0 Å². The molecule has 0 saturated carbocycles. The predicted octanol–water partition coefficient (Wildman–Crippen LogP) is 3.02. The molecule has 0 aliphatic rings. The number of aromatic nitrogens is 1. The van der Waals surface area contributed by atoms with Crippen molar-refractivity contribution in [2.24, 2.45) is 0 Å². The summed E-state index contributed by atoms with van der Waals surface area (Å²) < 4.78 is 0. The average Bonchev–Trinajstić information content (AvgIpc) is 3.12. The van der Waals surface area contributed by atoms with E-state index < -0.39 is 0 Å². The van der Waals surface area contributed by atoms with Gasteiger partial charge in [-0.05, 0) is 47.6 Å². The number of amides is 1. The molecule has 0 aliphatic heterocycles. The fourth-order valence-corrected chi connectivity index (χ4v) is 3.39. The van der Waals surface area contributed by atoms with Gasteiger partial charge >= 0.3 is 0 Å². The van der Waals surface area contributed by atoms with E-state index in [1.807, 2.05) is 25.1 Å². The third-order valence-electron chi connectivity index (χ3n) is 4.10. The molecule has 0 spiro atoms. The van der Waals surface area contributed by atoms with E-state index in [1.54, 1.807) is 23.6 Å². The SMILES string of the molecule is CCN(CC)[C@H](CNC(=O)c1ccnc(N(C)C)c1)c1ccsc1. The molecule has 5 nitrogen and oxygen atoms in total. The Balaban J connectivity index is 2.08. The van der Waals surface area contributed by atoms with Crippen LogP contribution in [0, 0.1) is 0 Å². The van der Waals surface area contributed by atoms with Gasteiger partial charge in [-0.2, -0.15) is 11.3 Å². The van der Waals surface area contributed by atoms with Crippen LogP contribution in [0.25, 0.3) is 0 Å². The lowest BCUT2D eigenvalue weighted by molar-refractivity contribution is 0.0935. The summed E-state index contributed by atoms with van der Waals surface area (Å²) in [4.78, 5) is 21.0. The van der Waals surface area contributed by atoms with Gasteiger partial charge in [0.15, 0.2) is 0 Å². The van der Waals surface area contributed by atoms with Crippen molar-refractivity contribution in [2.75, 3.05) is 38.6 Å². The highest BCUT2D eigenvalue weighted by molar-refractivity contribution is 7.07. The summed E-state index contributed by atoms with van der Waals surface area (Å²) in [5.74, 6) is 0.716. The van der Waals surface area contributed by atoms with Gasteiger partial charge in [0.1, 0.15) is 5.82 Å². The lowest BCUT2D eigenvalue weighted by Gasteiger charge is -2.29. The fourth-order valence-electron chi connectivity index (χ4n) is 2.68. The van der Waals surface area contributed by atoms with Crippen LogP contribution in [-0.4, -0.2) is 49.5 Å². The first-order valence-electron chi connectivity index (χ1n) is 8.24. The predicted molar refractivity (Wildman–Crippen MR) is 101 cm³/mol. The van der Waals surface area contributed by atoms with Crippen molar-refractivity contribution in [3.63, 3.8) is 0 Å².